The predicted octanol–water partition coefficient (Wildman–Crippen LogP) is 2.87. The van der Waals surface area contributed by atoms with Crippen LogP contribution < -0.4 is 4.74 Å². The van der Waals surface area contributed by atoms with E-state index in [9.17, 15) is 20.3 Å². The molecule has 0 heterocycles. The maximum absolute atomic E-state index is 10.9. The largest absolute Gasteiger partial charge is 0.496 e. The van der Waals surface area contributed by atoms with Crippen molar-refractivity contribution in [3.8, 4) is 16.9 Å². The molecule has 0 aliphatic heterocycles. The molecule has 2 N–H and O–H groups in total. The molecule has 0 spiro atoms. The number of benzene rings is 2. The summed E-state index contributed by atoms with van der Waals surface area (Å²) < 4.78 is 5.35. The van der Waals surface area contributed by atoms with E-state index in [0.717, 1.165) is 17.2 Å². The van der Waals surface area contributed by atoms with E-state index in [-0.39, 0.29) is 11.3 Å². The zero-order valence-corrected chi connectivity index (χ0v) is 12.5. The second-order valence-electron chi connectivity index (χ2n) is 5.04. The van der Waals surface area contributed by atoms with Crippen LogP contribution in [0, 0.1) is 24.0 Å². The summed E-state index contributed by atoms with van der Waals surface area (Å²) in [6.45, 7) is 3.87. The minimum atomic E-state index is -1.82. The molecule has 0 amide bonds. The van der Waals surface area contributed by atoms with Crippen LogP contribution in [0.3, 0.4) is 0 Å². The zero-order valence-electron chi connectivity index (χ0n) is 12.5. The zero-order chi connectivity index (χ0) is 16.4. The van der Waals surface area contributed by atoms with E-state index in [1.165, 1.54) is 19.2 Å². The van der Waals surface area contributed by atoms with Crippen LogP contribution in [0.5, 0.6) is 5.75 Å². The number of methoxy groups -OCH3 is 1. The lowest BCUT2D eigenvalue weighted by atomic mass is 9.94. The molecule has 0 unspecified atom stereocenters. The first-order valence-electron chi connectivity index (χ1n) is 6.65. The van der Waals surface area contributed by atoms with Crippen LogP contribution in [0.2, 0.25) is 0 Å². The van der Waals surface area contributed by atoms with Gasteiger partial charge in [0.1, 0.15) is 5.75 Å². The van der Waals surface area contributed by atoms with Crippen LogP contribution >= 0.6 is 0 Å². The molecule has 0 atom stereocenters. The number of aliphatic hydroxyl groups excluding tert-OH is 1. The van der Waals surface area contributed by atoms with Crippen molar-refractivity contribution in [3.05, 3.63) is 57.1 Å². The summed E-state index contributed by atoms with van der Waals surface area (Å²) in [7, 11) is 1.52. The molecule has 2 aromatic carbocycles. The van der Waals surface area contributed by atoms with E-state index in [1.54, 1.807) is 0 Å². The summed E-state index contributed by atoms with van der Waals surface area (Å²) in [4.78, 5) is 10.3. The fourth-order valence-electron chi connectivity index (χ4n) is 2.29. The summed E-state index contributed by atoms with van der Waals surface area (Å²) in [6, 6.07) is 7.70. The van der Waals surface area contributed by atoms with Gasteiger partial charge in [0.2, 0.25) is 0 Å². The highest BCUT2D eigenvalue weighted by molar-refractivity contribution is 5.76. The SMILES string of the molecule is COc1cc(C)c(C)cc1-c1ccc([N+](=O)[O-])cc1C(O)O. The van der Waals surface area contributed by atoms with Crippen molar-refractivity contribution in [2.75, 3.05) is 7.11 Å². The van der Waals surface area contributed by atoms with E-state index in [2.05, 4.69) is 0 Å². The van der Waals surface area contributed by atoms with Crippen LogP contribution in [0.4, 0.5) is 5.69 Å². The Kier molecular flexibility index (Phi) is 4.44. The van der Waals surface area contributed by atoms with Gasteiger partial charge in [-0.15, -0.1) is 0 Å². The van der Waals surface area contributed by atoms with Crippen molar-refractivity contribution in [3.63, 3.8) is 0 Å². The lowest BCUT2D eigenvalue weighted by Gasteiger charge is -2.16. The summed E-state index contributed by atoms with van der Waals surface area (Å²) in [5.74, 6) is 0.568. The highest BCUT2D eigenvalue weighted by atomic mass is 16.6. The van der Waals surface area contributed by atoms with Gasteiger partial charge in [0.05, 0.1) is 12.0 Å². The first kappa shape index (κ1) is 15.9. The van der Waals surface area contributed by atoms with Crippen molar-refractivity contribution in [1.29, 1.82) is 0 Å². The molecule has 0 fully saturated rings. The fraction of sp³-hybridized carbons (Fsp3) is 0.250. The normalized spacial score (nSPS) is 10.8. The highest BCUT2D eigenvalue weighted by Gasteiger charge is 2.19. The minimum Gasteiger partial charge on any atom is -0.496 e. The third-order valence-corrected chi connectivity index (χ3v) is 3.63. The van der Waals surface area contributed by atoms with Gasteiger partial charge in [0, 0.05) is 23.3 Å². The molecule has 0 saturated carbocycles. The molecular formula is C16H17NO5. The number of non-ortho nitro benzene ring substituents is 1. The van der Waals surface area contributed by atoms with E-state index in [0.29, 0.717) is 16.9 Å². The van der Waals surface area contributed by atoms with E-state index < -0.39 is 11.2 Å². The molecule has 0 saturated heterocycles. The van der Waals surface area contributed by atoms with Crippen LogP contribution in [0.1, 0.15) is 23.0 Å². The molecule has 22 heavy (non-hydrogen) atoms. The molecule has 0 radical (unpaired) electrons. The average molecular weight is 303 g/mol. The monoisotopic (exact) mass is 303 g/mol. The van der Waals surface area contributed by atoms with Crippen LogP contribution in [-0.4, -0.2) is 22.2 Å². The van der Waals surface area contributed by atoms with Crippen molar-refractivity contribution in [2.45, 2.75) is 20.1 Å². The molecule has 0 aliphatic rings. The number of hydrogen-bond acceptors (Lipinski definition) is 5. The van der Waals surface area contributed by atoms with Gasteiger partial charge < -0.3 is 14.9 Å². The smallest absolute Gasteiger partial charge is 0.269 e. The molecule has 0 aromatic heterocycles. The number of nitro benzene ring substituents is 1. The minimum absolute atomic E-state index is 0.0655. The van der Waals surface area contributed by atoms with Gasteiger partial charge in [-0.3, -0.25) is 10.1 Å². The topological polar surface area (TPSA) is 92.8 Å². The number of nitrogens with zero attached hydrogens (tertiary/aromatic N) is 1. The lowest BCUT2D eigenvalue weighted by Crippen LogP contribution is -2.01. The van der Waals surface area contributed by atoms with E-state index in [1.807, 2.05) is 26.0 Å². The summed E-state index contributed by atoms with van der Waals surface area (Å²) in [5.41, 5.74) is 3.05. The Morgan fingerprint density at radius 2 is 1.73 bits per heavy atom. The first-order valence-corrected chi connectivity index (χ1v) is 6.65. The number of aryl methyl sites for hydroxylation is 2. The van der Waals surface area contributed by atoms with Crippen LogP contribution in [-0.2, 0) is 0 Å². The van der Waals surface area contributed by atoms with E-state index >= 15 is 0 Å². The first-order chi connectivity index (χ1) is 10.3. The van der Waals surface area contributed by atoms with Crippen molar-refractivity contribution < 1.29 is 19.9 Å². The second-order valence-corrected chi connectivity index (χ2v) is 5.04. The van der Waals surface area contributed by atoms with Gasteiger partial charge in [-0.1, -0.05) is 0 Å². The van der Waals surface area contributed by atoms with Gasteiger partial charge in [-0.05, 0) is 48.7 Å². The van der Waals surface area contributed by atoms with Gasteiger partial charge in [0.25, 0.3) is 5.69 Å². The summed E-state index contributed by atoms with van der Waals surface area (Å²) in [5, 5.41) is 30.0. The van der Waals surface area contributed by atoms with Crippen LogP contribution in [0.25, 0.3) is 11.1 Å². The molecule has 2 aromatic rings. The third-order valence-electron chi connectivity index (χ3n) is 3.63. The van der Waals surface area contributed by atoms with Gasteiger partial charge in [0.15, 0.2) is 6.29 Å². The molecule has 0 bridgehead atoms. The number of hydrogen-bond donors (Lipinski definition) is 2. The van der Waals surface area contributed by atoms with Crippen molar-refractivity contribution in [2.24, 2.45) is 0 Å². The molecule has 6 nitrogen and oxygen atoms in total. The Bertz CT molecular complexity index is 725. The van der Waals surface area contributed by atoms with Gasteiger partial charge >= 0.3 is 0 Å². The highest BCUT2D eigenvalue weighted by Crippen LogP contribution is 2.37. The lowest BCUT2D eigenvalue weighted by molar-refractivity contribution is -0.385. The Morgan fingerprint density at radius 3 is 2.27 bits per heavy atom. The molecule has 2 rings (SSSR count). The summed E-state index contributed by atoms with van der Waals surface area (Å²) in [6.07, 6.45) is -1.82. The average Bonchev–Trinajstić information content (AvgIpc) is 2.48. The van der Waals surface area contributed by atoms with Crippen molar-refractivity contribution in [1.82, 2.24) is 0 Å². The van der Waals surface area contributed by atoms with Crippen molar-refractivity contribution >= 4 is 5.69 Å². The fourth-order valence-corrected chi connectivity index (χ4v) is 2.29. The Balaban J connectivity index is 2.71. The standard InChI is InChI=1S/C16H17NO5/c1-9-6-13(15(22-3)7-10(9)2)12-5-4-11(17(20)21)8-14(12)16(18)19/h4-8,16,18-19H,1-3H3. The van der Waals surface area contributed by atoms with Gasteiger partial charge in [-0.25, -0.2) is 0 Å². The third kappa shape index (κ3) is 2.93. The maximum Gasteiger partial charge on any atom is 0.269 e. The molecule has 0 aliphatic carbocycles. The van der Waals surface area contributed by atoms with E-state index in [4.69, 9.17) is 4.74 Å². The molecular weight excluding hydrogens is 286 g/mol. The second kappa shape index (κ2) is 6.13. The predicted molar refractivity (Wildman–Crippen MR) is 81.7 cm³/mol. The Morgan fingerprint density at radius 1 is 1.09 bits per heavy atom. The number of aliphatic hydroxyl groups is 2. The molecule has 6 heteroatoms. The number of ether oxygens (including phenoxy) is 1. The maximum atomic E-state index is 10.9. The Labute approximate surface area is 127 Å². The quantitative estimate of drug-likeness (QED) is 0.514. The molecule has 116 valence electrons. The Hall–Kier alpha value is -2.44. The number of rotatable bonds is 4. The van der Waals surface area contributed by atoms with Crippen LogP contribution in [0.15, 0.2) is 30.3 Å². The van der Waals surface area contributed by atoms with Gasteiger partial charge in [-0.2, -0.15) is 0 Å². The number of nitro groups is 1. The summed E-state index contributed by atoms with van der Waals surface area (Å²) >= 11 is 0.